The maximum absolute atomic E-state index is 12.9. The number of para-hydroxylation sites is 1. The quantitative estimate of drug-likeness (QED) is 0.715. The van der Waals surface area contributed by atoms with E-state index in [1.165, 1.54) is 0 Å². The first-order chi connectivity index (χ1) is 11.5. The zero-order valence-electron chi connectivity index (χ0n) is 13.9. The molecule has 0 aliphatic heterocycles. The maximum Gasteiger partial charge on any atom is 0.272 e. The Morgan fingerprint density at radius 2 is 1.83 bits per heavy atom. The summed E-state index contributed by atoms with van der Waals surface area (Å²) in [6.07, 6.45) is 0. The van der Waals surface area contributed by atoms with Crippen molar-refractivity contribution >= 4 is 28.4 Å². The highest BCUT2D eigenvalue weighted by Crippen LogP contribution is 2.30. The molecule has 0 bridgehead atoms. The standard InChI is InChI=1S/C19H19ClN2O2/c1-21(12-13-8-10-14(24-3)11-9-13)19(23)18-17(20)15-6-4-5-7-16(15)22(18)2/h4-11H,12H2,1-3H3. The van der Waals surface area contributed by atoms with Crippen molar-refractivity contribution in [2.75, 3.05) is 14.2 Å². The van der Waals surface area contributed by atoms with E-state index in [1.54, 1.807) is 19.1 Å². The fourth-order valence-electron chi connectivity index (χ4n) is 2.84. The number of hydrogen-bond donors (Lipinski definition) is 0. The molecule has 4 nitrogen and oxygen atoms in total. The SMILES string of the molecule is COc1ccc(CN(C)C(=O)c2c(Cl)c3ccccc3n2C)cc1. The van der Waals surface area contributed by atoms with E-state index in [0.717, 1.165) is 22.2 Å². The van der Waals surface area contributed by atoms with E-state index in [1.807, 2.05) is 60.1 Å². The lowest BCUT2D eigenvalue weighted by Gasteiger charge is -2.18. The van der Waals surface area contributed by atoms with E-state index >= 15 is 0 Å². The van der Waals surface area contributed by atoms with Crippen molar-refractivity contribution in [2.24, 2.45) is 7.05 Å². The highest BCUT2D eigenvalue weighted by Gasteiger charge is 2.22. The summed E-state index contributed by atoms with van der Waals surface area (Å²) >= 11 is 6.46. The van der Waals surface area contributed by atoms with Crippen LogP contribution < -0.4 is 4.74 Å². The van der Waals surface area contributed by atoms with Crippen LogP contribution in [0.2, 0.25) is 5.02 Å². The number of ether oxygens (including phenoxy) is 1. The number of aromatic nitrogens is 1. The lowest BCUT2D eigenvalue weighted by Crippen LogP contribution is -2.28. The van der Waals surface area contributed by atoms with Crippen LogP contribution in [0.3, 0.4) is 0 Å². The summed E-state index contributed by atoms with van der Waals surface area (Å²) in [6.45, 7) is 0.501. The Hall–Kier alpha value is -2.46. The summed E-state index contributed by atoms with van der Waals surface area (Å²) in [7, 11) is 5.27. The van der Waals surface area contributed by atoms with Gasteiger partial charge in [0.1, 0.15) is 11.4 Å². The van der Waals surface area contributed by atoms with Gasteiger partial charge in [0, 0.05) is 31.5 Å². The molecule has 0 unspecified atom stereocenters. The minimum Gasteiger partial charge on any atom is -0.497 e. The number of amides is 1. The molecule has 124 valence electrons. The maximum atomic E-state index is 12.9. The molecular weight excluding hydrogens is 324 g/mol. The van der Waals surface area contributed by atoms with Crippen LogP contribution in [0.25, 0.3) is 10.9 Å². The van der Waals surface area contributed by atoms with Gasteiger partial charge in [0.05, 0.1) is 12.1 Å². The van der Waals surface area contributed by atoms with E-state index in [9.17, 15) is 4.79 Å². The molecule has 0 N–H and O–H groups in total. The lowest BCUT2D eigenvalue weighted by atomic mass is 10.2. The fraction of sp³-hybridized carbons (Fsp3) is 0.211. The Bertz CT molecular complexity index is 845. The number of methoxy groups -OCH3 is 1. The second-order valence-electron chi connectivity index (χ2n) is 5.75. The Balaban J connectivity index is 1.88. The van der Waals surface area contributed by atoms with E-state index in [0.29, 0.717) is 17.3 Å². The van der Waals surface area contributed by atoms with Crippen LogP contribution in [0.4, 0.5) is 0 Å². The largest absolute Gasteiger partial charge is 0.497 e. The number of nitrogens with zero attached hydrogens (tertiary/aromatic N) is 2. The molecule has 5 heteroatoms. The first-order valence-corrected chi connectivity index (χ1v) is 8.02. The van der Waals surface area contributed by atoms with Crippen molar-refractivity contribution in [1.82, 2.24) is 9.47 Å². The van der Waals surface area contributed by atoms with Crippen molar-refractivity contribution in [3.05, 3.63) is 64.8 Å². The van der Waals surface area contributed by atoms with E-state index in [-0.39, 0.29) is 5.91 Å². The highest BCUT2D eigenvalue weighted by molar-refractivity contribution is 6.38. The van der Waals surface area contributed by atoms with Gasteiger partial charge >= 0.3 is 0 Å². The number of rotatable bonds is 4. The van der Waals surface area contributed by atoms with E-state index in [4.69, 9.17) is 16.3 Å². The number of carbonyl (C=O) groups excluding carboxylic acids is 1. The van der Waals surface area contributed by atoms with Gasteiger partial charge in [-0.3, -0.25) is 4.79 Å². The average molecular weight is 343 g/mol. The molecule has 3 rings (SSSR count). The topological polar surface area (TPSA) is 34.5 Å². The molecule has 0 aliphatic carbocycles. The molecule has 0 atom stereocenters. The predicted molar refractivity (Wildman–Crippen MR) is 96.7 cm³/mol. The van der Waals surface area contributed by atoms with Crippen LogP contribution in [-0.4, -0.2) is 29.5 Å². The van der Waals surface area contributed by atoms with Gasteiger partial charge in [0.15, 0.2) is 0 Å². The molecule has 2 aromatic carbocycles. The average Bonchev–Trinajstić information content (AvgIpc) is 2.86. The van der Waals surface area contributed by atoms with Gasteiger partial charge in [-0.15, -0.1) is 0 Å². The second-order valence-corrected chi connectivity index (χ2v) is 6.13. The van der Waals surface area contributed by atoms with Crippen LogP contribution in [0.1, 0.15) is 16.1 Å². The molecule has 1 amide bonds. The van der Waals surface area contributed by atoms with Crippen LogP contribution in [0.5, 0.6) is 5.75 Å². The molecule has 0 aliphatic rings. The van der Waals surface area contributed by atoms with Crippen LogP contribution in [-0.2, 0) is 13.6 Å². The van der Waals surface area contributed by atoms with Gasteiger partial charge in [-0.2, -0.15) is 0 Å². The van der Waals surface area contributed by atoms with Gasteiger partial charge in [-0.1, -0.05) is 41.9 Å². The first kappa shape index (κ1) is 16.4. The van der Waals surface area contributed by atoms with Gasteiger partial charge < -0.3 is 14.2 Å². The molecule has 0 spiro atoms. The molecule has 0 radical (unpaired) electrons. The number of aryl methyl sites for hydroxylation is 1. The molecule has 0 fully saturated rings. The third-order valence-electron chi connectivity index (χ3n) is 4.17. The molecule has 0 saturated carbocycles. The van der Waals surface area contributed by atoms with Crippen molar-refractivity contribution in [2.45, 2.75) is 6.54 Å². The monoisotopic (exact) mass is 342 g/mol. The Kier molecular flexibility index (Phi) is 4.49. The summed E-state index contributed by atoms with van der Waals surface area (Å²) < 4.78 is 7.01. The molecule has 24 heavy (non-hydrogen) atoms. The molecule has 3 aromatic rings. The Labute approximate surface area is 146 Å². The highest BCUT2D eigenvalue weighted by atomic mass is 35.5. The lowest BCUT2D eigenvalue weighted by molar-refractivity contribution is 0.0776. The van der Waals surface area contributed by atoms with E-state index < -0.39 is 0 Å². The van der Waals surface area contributed by atoms with Crippen LogP contribution in [0.15, 0.2) is 48.5 Å². The van der Waals surface area contributed by atoms with Gasteiger partial charge in [0.2, 0.25) is 0 Å². The van der Waals surface area contributed by atoms with Gasteiger partial charge in [-0.25, -0.2) is 0 Å². The number of hydrogen-bond acceptors (Lipinski definition) is 2. The zero-order valence-corrected chi connectivity index (χ0v) is 14.7. The van der Waals surface area contributed by atoms with Crippen LogP contribution >= 0.6 is 11.6 Å². The Morgan fingerprint density at radius 3 is 2.46 bits per heavy atom. The predicted octanol–water partition coefficient (Wildman–Crippen LogP) is 4.11. The van der Waals surface area contributed by atoms with Crippen molar-refractivity contribution < 1.29 is 9.53 Å². The van der Waals surface area contributed by atoms with Crippen molar-refractivity contribution in [3.63, 3.8) is 0 Å². The number of fused-ring (bicyclic) bond motifs is 1. The second kappa shape index (κ2) is 6.57. The first-order valence-electron chi connectivity index (χ1n) is 7.64. The minimum absolute atomic E-state index is 0.102. The summed E-state index contributed by atoms with van der Waals surface area (Å²) in [5, 5.41) is 1.39. The van der Waals surface area contributed by atoms with Crippen molar-refractivity contribution in [1.29, 1.82) is 0 Å². The molecular formula is C19H19ClN2O2. The molecule has 0 saturated heterocycles. The summed E-state index contributed by atoms with van der Waals surface area (Å²) in [6, 6.07) is 15.4. The van der Waals surface area contributed by atoms with Gasteiger partial charge in [-0.05, 0) is 23.8 Å². The fourth-order valence-corrected chi connectivity index (χ4v) is 3.21. The van der Waals surface area contributed by atoms with Crippen LogP contribution in [0, 0.1) is 0 Å². The minimum atomic E-state index is -0.102. The molecule has 1 heterocycles. The number of carbonyl (C=O) groups is 1. The normalized spacial score (nSPS) is 10.8. The third-order valence-corrected chi connectivity index (χ3v) is 4.56. The summed E-state index contributed by atoms with van der Waals surface area (Å²) in [5.41, 5.74) is 2.49. The third kappa shape index (κ3) is 2.85. The van der Waals surface area contributed by atoms with E-state index in [2.05, 4.69) is 0 Å². The zero-order chi connectivity index (χ0) is 17.3. The van der Waals surface area contributed by atoms with Gasteiger partial charge in [0.25, 0.3) is 5.91 Å². The summed E-state index contributed by atoms with van der Waals surface area (Å²) in [4.78, 5) is 14.5. The number of halogens is 1. The summed E-state index contributed by atoms with van der Waals surface area (Å²) in [5.74, 6) is 0.693. The Morgan fingerprint density at radius 1 is 1.17 bits per heavy atom. The number of benzene rings is 2. The van der Waals surface area contributed by atoms with Crippen molar-refractivity contribution in [3.8, 4) is 5.75 Å². The molecule has 1 aromatic heterocycles. The smallest absolute Gasteiger partial charge is 0.272 e.